The van der Waals surface area contributed by atoms with E-state index in [0.717, 1.165) is 53.9 Å². The van der Waals surface area contributed by atoms with Gasteiger partial charge < -0.3 is 29.0 Å². The molecule has 0 radical (unpaired) electrons. The highest BCUT2D eigenvalue weighted by molar-refractivity contribution is 5.94. The van der Waals surface area contributed by atoms with E-state index in [4.69, 9.17) is 33.8 Å². The van der Waals surface area contributed by atoms with Crippen LogP contribution in [-0.4, -0.2) is 61.9 Å². The van der Waals surface area contributed by atoms with Gasteiger partial charge in [0.1, 0.15) is 47.8 Å². The van der Waals surface area contributed by atoms with Gasteiger partial charge in [-0.2, -0.15) is 5.10 Å². The number of carbonyl (C=O) groups excluding carboxylic acids is 1. The van der Waals surface area contributed by atoms with Crippen LogP contribution in [-0.2, 0) is 11.2 Å². The molecular weight excluding hydrogens is 759 g/mol. The number of hydrogen-bond donors (Lipinski definition) is 2. The maximum Gasteiger partial charge on any atom is 0.265 e. The Morgan fingerprint density at radius 1 is 0.850 bits per heavy atom. The Morgan fingerprint density at radius 2 is 1.63 bits per heavy atom. The number of nitrogens with one attached hydrogen (secondary N) is 2. The second kappa shape index (κ2) is 19.8. The Hall–Kier alpha value is -6.76. The molecule has 7 aromatic rings. The molecule has 0 spiro atoms. The highest BCUT2D eigenvalue weighted by Gasteiger charge is 2.25. The molecule has 0 aliphatic carbocycles. The number of rotatable bonds is 21. The third-order valence-corrected chi connectivity index (χ3v) is 10.1. The second-order valence-electron chi connectivity index (χ2n) is 14.9. The zero-order chi connectivity index (χ0) is 41.8. The summed E-state index contributed by atoms with van der Waals surface area (Å²) in [5.41, 5.74) is 4.81. The van der Waals surface area contributed by atoms with Crippen molar-refractivity contribution in [2.24, 2.45) is 0 Å². The number of para-hydroxylation sites is 1. The van der Waals surface area contributed by atoms with Crippen molar-refractivity contribution in [1.29, 1.82) is 0 Å². The lowest BCUT2D eigenvalue weighted by atomic mass is 9.99. The zero-order valence-corrected chi connectivity index (χ0v) is 34.9. The van der Waals surface area contributed by atoms with E-state index in [9.17, 15) is 4.79 Å². The first-order valence-corrected chi connectivity index (χ1v) is 20.6. The highest BCUT2D eigenvalue weighted by atomic mass is 16.5. The van der Waals surface area contributed by atoms with E-state index in [1.807, 2.05) is 111 Å². The smallest absolute Gasteiger partial charge is 0.265 e. The van der Waals surface area contributed by atoms with Crippen LogP contribution >= 0.6 is 0 Å². The topological polar surface area (TPSA) is 139 Å². The summed E-state index contributed by atoms with van der Waals surface area (Å²) in [6.45, 7) is 8.92. The predicted molar refractivity (Wildman–Crippen MR) is 231 cm³/mol. The number of aromatic nitrogens is 6. The number of carbonyl (C=O) groups is 1. The van der Waals surface area contributed by atoms with Gasteiger partial charge in [-0.25, -0.2) is 9.67 Å². The van der Waals surface area contributed by atoms with Gasteiger partial charge >= 0.3 is 0 Å². The summed E-state index contributed by atoms with van der Waals surface area (Å²) in [6, 6.07) is 30.6. The van der Waals surface area contributed by atoms with E-state index in [1.54, 1.807) is 22.6 Å². The molecule has 13 nitrogen and oxygen atoms in total. The molecule has 60 heavy (non-hydrogen) atoms. The van der Waals surface area contributed by atoms with Gasteiger partial charge in [0.05, 0.1) is 7.11 Å². The van der Waals surface area contributed by atoms with Gasteiger partial charge in [-0.3, -0.25) is 9.89 Å². The predicted octanol–water partition coefficient (Wildman–Crippen LogP) is 9.82. The van der Waals surface area contributed by atoms with Crippen molar-refractivity contribution in [3.05, 3.63) is 132 Å². The van der Waals surface area contributed by atoms with Crippen LogP contribution in [0.4, 0.5) is 5.69 Å². The van der Waals surface area contributed by atoms with Crippen LogP contribution in [0.3, 0.4) is 0 Å². The molecule has 0 aliphatic rings. The number of nitrogens with zero attached hydrogens (tertiary/aromatic N) is 5. The van der Waals surface area contributed by atoms with Crippen molar-refractivity contribution in [3.63, 3.8) is 0 Å². The first-order valence-electron chi connectivity index (χ1n) is 20.6. The summed E-state index contributed by atoms with van der Waals surface area (Å²) >= 11 is 0. The number of fused-ring (bicyclic) bond motifs is 1. The van der Waals surface area contributed by atoms with Crippen LogP contribution in [0.25, 0.3) is 11.3 Å². The Balaban J connectivity index is 1.13. The Kier molecular flexibility index (Phi) is 13.7. The fourth-order valence-electron chi connectivity index (χ4n) is 6.96. The van der Waals surface area contributed by atoms with Gasteiger partial charge in [0, 0.05) is 24.0 Å². The van der Waals surface area contributed by atoms with E-state index in [-0.39, 0.29) is 18.4 Å². The SMILES string of the molecule is CCCCCCC(Oc1ccc(C)cc1C)C(=O)Nc1ccc(Oc2ccc(OC)cc2)c(CC(C)c2nc3c(-n4cccn4)c(OCCOc4ccccc4)nn3[nH]2)c1. The molecule has 312 valence electrons. The molecule has 4 aromatic carbocycles. The molecule has 3 heterocycles. The van der Waals surface area contributed by atoms with Crippen LogP contribution < -0.4 is 29.0 Å². The molecule has 2 atom stereocenters. The van der Waals surface area contributed by atoms with Gasteiger partial charge in [-0.1, -0.05) is 69.0 Å². The van der Waals surface area contributed by atoms with Gasteiger partial charge in [0.2, 0.25) is 5.65 Å². The number of H-pyrrole nitrogens is 1. The standard InChI is InChI=1S/C47H53N7O6/c1-6-7-8-12-16-42(60-40-23-17-32(2)29-33(40)3)46(55)49-36-18-24-41(59-39-21-19-37(56-5)20-22-39)35(31-36)30-34(4)44-50-45-43(53-26-13-25-48-53)47(52-54(45)51-44)58-28-27-57-38-14-10-9-11-15-38/h9-11,13-15,17-26,29,31,34,42H,6-8,12,16,27-28,30H2,1-5H3,(H,49,55)(H,50,51). The number of benzene rings is 4. The van der Waals surface area contributed by atoms with E-state index < -0.39 is 6.10 Å². The van der Waals surface area contributed by atoms with E-state index in [2.05, 4.69) is 35.4 Å². The van der Waals surface area contributed by atoms with Crippen LogP contribution in [0.5, 0.6) is 34.6 Å². The highest BCUT2D eigenvalue weighted by Crippen LogP contribution is 2.34. The third kappa shape index (κ3) is 10.5. The van der Waals surface area contributed by atoms with Crippen LogP contribution in [0.15, 0.2) is 109 Å². The van der Waals surface area contributed by atoms with Crippen molar-refractivity contribution < 1.29 is 28.5 Å². The molecule has 7 rings (SSSR count). The van der Waals surface area contributed by atoms with Crippen molar-refractivity contribution in [3.8, 4) is 40.3 Å². The molecule has 1 amide bonds. The Bertz CT molecular complexity index is 2440. The summed E-state index contributed by atoms with van der Waals surface area (Å²) in [5, 5.41) is 15.7. The lowest BCUT2D eigenvalue weighted by Crippen LogP contribution is -2.33. The fraction of sp³-hybridized carbons (Fsp3) is 0.319. The molecule has 0 aliphatic heterocycles. The van der Waals surface area contributed by atoms with E-state index in [1.165, 1.54) is 0 Å². The van der Waals surface area contributed by atoms with Gasteiger partial charge in [0.25, 0.3) is 11.8 Å². The molecule has 13 heteroatoms. The average molecular weight is 812 g/mol. The quantitative estimate of drug-likeness (QED) is 0.0679. The monoisotopic (exact) mass is 811 g/mol. The minimum atomic E-state index is -0.658. The molecule has 2 N–H and O–H groups in total. The third-order valence-electron chi connectivity index (χ3n) is 10.1. The molecular formula is C47H53N7O6. The summed E-state index contributed by atoms with van der Waals surface area (Å²) in [7, 11) is 1.63. The average Bonchev–Trinajstić information content (AvgIpc) is 4.01. The maximum absolute atomic E-state index is 14.0. The number of amides is 1. The number of hydrogen-bond acceptors (Lipinski definition) is 9. The first kappa shape index (κ1) is 41.4. The summed E-state index contributed by atoms with van der Waals surface area (Å²) < 4.78 is 33.5. The fourth-order valence-corrected chi connectivity index (χ4v) is 6.96. The van der Waals surface area contributed by atoms with Crippen molar-refractivity contribution >= 4 is 17.2 Å². The van der Waals surface area contributed by atoms with E-state index >= 15 is 0 Å². The molecule has 0 bridgehead atoms. The van der Waals surface area contributed by atoms with Crippen molar-refractivity contribution in [1.82, 2.24) is 29.6 Å². The van der Waals surface area contributed by atoms with Gasteiger partial charge in [0.15, 0.2) is 11.8 Å². The number of unbranched alkanes of at least 4 members (excludes halogenated alkanes) is 3. The largest absolute Gasteiger partial charge is 0.497 e. The van der Waals surface area contributed by atoms with Crippen molar-refractivity contribution in [2.75, 3.05) is 25.6 Å². The number of ether oxygens (including phenoxy) is 5. The van der Waals surface area contributed by atoms with Gasteiger partial charge in [-0.05, 0) is 111 Å². The van der Waals surface area contributed by atoms with Crippen LogP contribution in [0.1, 0.15) is 74.4 Å². The summed E-state index contributed by atoms with van der Waals surface area (Å²) in [5.74, 6) is 4.24. The normalized spacial score (nSPS) is 12.2. The van der Waals surface area contributed by atoms with Crippen molar-refractivity contribution in [2.45, 2.75) is 78.2 Å². The first-order chi connectivity index (χ1) is 29.3. The Morgan fingerprint density at radius 3 is 2.38 bits per heavy atom. The lowest BCUT2D eigenvalue weighted by molar-refractivity contribution is -0.123. The molecule has 0 saturated heterocycles. The second-order valence-corrected chi connectivity index (χ2v) is 14.9. The lowest BCUT2D eigenvalue weighted by Gasteiger charge is -2.21. The summed E-state index contributed by atoms with van der Waals surface area (Å²) in [4.78, 5) is 19.0. The van der Waals surface area contributed by atoms with Crippen LogP contribution in [0.2, 0.25) is 0 Å². The maximum atomic E-state index is 14.0. The number of methoxy groups -OCH3 is 1. The number of aryl methyl sites for hydroxylation is 2. The minimum absolute atomic E-state index is 0.135. The van der Waals surface area contributed by atoms with Crippen LogP contribution in [0, 0.1) is 13.8 Å². The number of anilines is 1. The molecule has 2 unspecified atom stereocenters. The molecule has 0 fully saturated rings. The summed E-state index contributed by atoms with van der Waals surface area (Å²) in [6.07, 6.45) is 8.14. The molecule has 0 saturated carbocycles. The number of aromatic amines is 1. The van der Waals surface area contributed by atoms with E-state index in [0.29, 0.717) is 65.4 Å². The Labute approximate surface area is 350 Å². The molecule has 3 aromatic heterocycles. The zero-order valence-electron chi connectivity index (χ0n) is 34.9. The minimum Gasteiger partial charge on any atom is -0.497 e. The van der Waals surface area contributed by atoms with Gasteiger partial charge in [-0.15, -0.1) is 9.73 Å².